The molecule has 1 aliphatic rings. The molecule has 3 aromatic rings. The summed E-state index contributed by atoms with van der Waals surface area (Å²) in [7, 11) is 1.62. The van der Waals surface area contributed by atoms with Crippen LogP contribution in [-0.2, 0) is 11.4 Å². The quantitative estimate of drug-likeness (QED) is 0.177. The lowest BCUT2D eigenvalue weighted by molar-refractivity contribution is -0.122. The second kappa shape index (κ2) is 12.7. The summed E-state index contributed by atoms with van der Waals surface area (Å²) >= 11 is 9.88. The summed E-state index contributed by atoms with van der Waals surface area (Å²) in [5.74, 6) is 1.94. The van der Waals surface area contributed by atoms with E-state index < -0.39 is 0 Å². The van der Waals surface area contributed by atoms with Crippen LogP contribution in [0.2, 0.25) is 5.02 Å². The fourth-order valence-corrected chi connectivity index (χ4v) is 5.66. The van der Waals surface area contributed by atoms with E-state index in [-0.39, 0.29) is 5.91 Å². The molecule has 4 rings (SSSR count). The van der Waals surface area contributed by atoms with Crippen molar-refractivity contribution in [1.82, 2.24) is 4.90 Å². The van der Waals surface area contributed by atoms with Gasteiger partial charge in [-0.2, -0.15) is 0 Å². The van der Waals surface area contributed by atoms with Crippen LogP contribution in [0.4, 0.5) is 5.69 Å². The molecule has 9 heteroatoms. The average molecular weight is 649 g/mol. The standard InChI is InChI=1S/C28H26ClIN2O4S/c1-4-32-27(33)25(37-28(32)31-20-10-12-21(34-3)13-11-20)16-18-14-23(30)26(24(15-18)35-5-2)36-17-19-8-6-7-9-22(19)29/h6-16H,4-5,17H2,1-3H3/b25-16+,31-28?. The summed E-state index contributed by atoms with van der Waals surface area (Å²) in [5.41, 5.74) is 2.49. The zero-order chi connectivity index (χ0) is 26.4. The predicted octanol–water partition coefficient (Wildman–Crippen LogP) is 7.55. The third-order valence-electron chi connectivity index (χ3n) is 5.46. The lowest BCUT2D eigenvalue weighted by Crippen LogP contribution is -2.28. The number of carbonyl (C=O) groups excluding carboxylic acids is 1. The number of nitrogens with zero attached hydrogens (tertiary/aromatic N) is 2. The zero-order valence-corrected chi connectivity index (χ0v) is 24.4. The van der Waals surface area contributed by atoms with Gasteiger partial charge < -0.3 is 14.2 Å². The number of halogens is 2. The van der Waals surface area contributed by atoms with Crippen molar-refractivity contribution < 1.29 is 19.0 Å². The van der Waals surface area contributed by atoms with Crippen LogP contribution in [0, 0.1) is 3.57 Å². The van der Waals surface area contributed by atoms with Crippen LogP contribution in [0.5, 0.6) is 17.2 Å². The largest absolute Gasteiger partial charge is 0.497 e. The minimum Gasteiger partial charge on any atom is -0.497 e. The Morgan fingerprint density at radius 2 is 1.84 bits per heavy atom. The lowest BCUT2D eigenvalue weighted by Gasteiger charge is -2.15. The van der Waals surface area contributed by atoms with Crippen molar-refractivity contribution in [3.63, 3.8) is 0 Å². The van der Waals surface area contributed by atoms with Gasteiger partial charge >= 0.3 is 0 Å². The lowest BCUT2D eigenvalue weighted by atomic mass is 10.1. The highest BCUT2D eigenvalue weighted by molar-refractivity contribution is 14.1. The molecule has 1 saturated heterocycles. The van der Waals surface area contributed by atoms with E-state index in [1.54, 1.807) is 12.0 Å². The van der Waals surface area contributed by atoms with Gasteiger partial charge in [0.2, 0.25) is 0 Å². The maximum absolute atomic E-state index is 13.2. The van der Waals surface area contributed by atoms with Crippen molar-refractivity contribution in [1.29, 1.82) is 0 Å². The van der Waals surface area contributed by atoms with E-state index in [0.717, 1.165) is 26.1 Å². The summed E-state index contributed by atoms with van der Waals surface area (Å²) in [6.45, 7) is 5.18. The molecule has 1 fully saturated rings. The fraction of sp³-hybridized carbons (Fsp3) is 0.214. The number of hydrogen-bond donors (Lipinski definition) is 0. The molecule has 0 saturated carbocycles. The number of amidine groups is 1. The highest BCUT2D eigenvalue weighted by atomic mass is 127. The molecule has 1 aliphatic heterocycles. The Morgan fingerprint density at radius 3 is 2.51 bits per heavy atom. The number of carbonyl (C=O) groups is 1. The fourth-order valence-electron chi connectivity index (χ4n) is 3.63. The van der Waals surface area contributed by atoms with Crippen LogP contribution in [0.15, 0.2) is 70.6 Å². The highest BCUT2D eigenvalue weighted by Crippen LogP contribution is 2.38. The summed E-state index contributed by atoms with van der Waals surface area (Å²) < 4.78 is 18.1. The van der Waals surface area contributed by atoms with Gasteiger partial charge in [-0.15, -0.1) is 0 Å². The summed E-state index contributed by atoms with van der Waals surface area (Å²) in [6.07, 6.45) is 1.87. The van der Waals surface area contributed by atoms with Crippen LogP contribution in [0.25, 0.3) is 6.08 Å². The molecule has 6 nitrogen and oxygen atoms in total. The number of amides is 1. The van der Waals surface area contributed by atoms with E-state index >= 15 is 0 Å². The molecular weight excluding hydrogens is 623 g/mol. The molecule has 0 unspecified atom stereocenters. The molecular formula is C28H26ClIN2O4S. The van der Waals surface area contributed by atoms with Gasteiger partial charge in [0.25, 0.3) is 5.91 Å². The number of ether oxygens (including phenoxy) is 3. The Kier molecular flexibility index (Phi) is 9.39. The van der Waals surface area contributed by atoms with Crippen LogP contribution in [0.3, 0.4) is 0 Å². The van der Waals surface area contributed by atoms with Crippen LogP contribution in [-0.4, -0.2) is 36.2 Å². The SMILES string of the molecule is CCOc1cc(/C=C2/SC(=Nc3ccc(OC)cc3)N(CC)C2=O)cc(I)c1OCc1ccccc1Cl. The van der Waals surface area contributed by atoms with E-state index in [1.165, 1.54) is 11.8 Å². The van der Waals surface area contributed by atoms with E-state index in [4.69, 9.17) is 30.8 Å². The first-order valence-corrected chi connectivity index (χ1v) is 14.0. The molecule has 1 heterocycles. The second-order valence-corrected chi connectivity index (χ2v) is 10.5. The van der Waals surface area contributed by atoms with Crippen molar-refractivity contribution >= 4 is 68.8 Å². The van der Waals surface area contributed by atoms with Gasteiger partial charge in [0.15, 0.2) is 16.7 Å². The van der Waals surface area contributed by atoms with E-state index in [2.05, 4.69) is 22.6 Å². The van der Waals surface area contributed by atoms with Gasteiger partial charge in [-0.05, 0) is 102 Å². The topological polar surface area (TPSA) is 60.4 Å². The summed E-state index contributed by atoms with van der Waals surface area (Å²) in [6, 6.07) is 18.9. The number of likely N-dealkylation sites (N-methyl/N-ethyl adjacent to an activating group) is 1. The Labute approximate surface area is 239 Å². The molecule has 0 aromatic heterocycles. The number of thioether (sulfide) groups is 1. The van der Waals surface area contributed by atoms with Crippen LogP contribution >= 0.6 is 46.0 Å². The Hall–Kier alpha value is -2.69. The highest BCUT2D eigenvalue weighted by Gasteiger charge is 2.32. The first-order chi connectivity index (χ1) is 17.9. The van der Waals surface area contributed by atoms with Crippen molar-refractivity contribution in [2.75, 3.05) is 20.3 Å². The molecule has 192 valence electrons. The number of methoxy groups -OCH3 is 1. The van der Waals surface area contributed by atoms with E-state index in [9.17, 15) is 4.79 Å². The van der Waals surface area contributed by atoms with Crippen LogP contribution in [0.1, 0.15) is 25.0 Å². The number of aliphatic imine (C=N–C) groups is 1. The van der Waals surface area contributed by atoms with Gasteiger partial charge in [0, 0.05) is 17.1 Å². The van der Waals surface area contributed by atoms with Crippen molar-refractivity contribution in [3.05, 3.63) is 85.3 Å². The molecule has 0 radical (unpaired) electrons. The van der Waals surface area contributed by atoms with Crippen molar-refractivity contribution in [3.8, 4) is 17.2 Å². The molecule has 3 aromatic carbocycles. The second-order valence-electron chi connectivity index (χ2n) is 7.90. The monoisotopic (exact) mass is 648 g/mol. The number of hydrogen-bond acceptors (Lipinski definition) is 6. The normalized spacial score (nSPS) is 15.5. The van der Waals surface area contributed by atoms with E-state index in [0.29, 0.717) is 46.4 Å². The average Bonchev–Trinajstić information content (AvgIpc) is 3.18. The van der Waals surface area contributed by atoms with E-state index in [1.807, 2.05) is 80.6 Å². The number of benzene rings is 3. The smallest absolute Gasteiger partial charge is 0.266 e. The minimum absolute atomic E-state index is 0.0771. The third-order valence-corrected chi connectivity index (χ3v) is 7.64. The summed E-state index contributed by atoms with van der Waals surface area (Å²) in [4.78, 5) is 20.1. The van der Waals surface area contributed by atoms with Gasteiger partial charge in [0.1, 0.15) is 12.4 Å². The first kappa shape index (κ1) is 27.3. The maximum atomic E-state index is 13.2. The Bertz CT molecular complexity index is 1340. The molecule has 0 spiro atoms. The zero-order valence-electron chi connectivity index (χ0n) is 20.7. The molecule has 0 N–H and O–H groups in total. The molecule has 0 bridgehead atoms. The Morgan fingerprint density at radius 1 is 1.08 bits per heavy atom. The Balaban J connectivity index is 1.60. The summed E-state index contributed by atoms with van der Waals surface area (Å²) in [5, 5.41) is 1.30. The van der Waals surface area contributed by atoms with Crippen molar-refractivity contribution in [2.24, 2.45) is 4.99 Å². The first-order valence-electron chi connectivity index (χ1n) is 11.7. The van der Waals surface area contributed by atoms with Crippen molar-refractivity contribution in [2.45, 2.75) is 20.5 Å². The third kappa shape index (κ3) is 6.61. The molecule has 1 amide bonds. The molecule has 0 aliphatic carbocycles. The maximum Gasteiger partial charge on any atom is 0.266 e. The van der Waals surface area contributed by atoms with Gasteiger partial charge in [0.05, 0.1) is 27.9 Å². The minimum atomic E-state index is -0.0771. The number of rotatable bonds is 9. The van der Waals surface area contributed by atoms with Gasteiger partial charge in [-0.3, -0.25) is 9.69 Å². The predicted molar refractivity (Wildman–Crippen MR) is 159 cm³/mol. The molecule has 0 atom stereocenters. The van der Waals surface area contributed by atoms with Crippen LogP contribution < -0.4 is 14.2 Å². The van der Waals surface area contributed by atoms with Gasteiger partial charge in [-0.1, -0.05) is 29.8 Å². The molecule has 37 heavy (non-hydrogen) atoms. The van der Waals surface area contributed by atoms with Gasteiger partial charge in [-0.25, -0.2) is 4.99 Å².